The fourth-order valence-electron chi connectivity index (χ4n) is 3.20. The molecule has 0 atom stereocenters. The average molecular weight is 331 g/mol. The van der Waals surface area contributed by atoms with Crippen LogP contribution in [0.3, 0.4) is 0 Å². The van der Waals surface area contributed by atoms with Gasteiger partial charge in [-0.1, -0.05) is 38.7 Å². The van der Waals surface area contributed by atoms with Gasteiger partial charge >= 0.3 is 0 Å². The van der Waals surface area contributed by atoms with Crippen LogP contribution in [0.15, 0.2) is 12.1 Å². The van der Waals surface area contributed by atoms with E-state index < -0.39 is 0 Å². The van der Waals surface area contributed by atoms with Gasteiger partial charge in [-0.15, -0.1) is 0 Å². The van der Waals surface area contributed by atoms with Gasteiger partial charge in [0.25, 0.3) is 0 Å². The van der Waals surface area contributed by atoms with Crippen LogP contribution >= 0.6 is 0 Å². The smallest absolute Gasteiger partial charge is 0.217 e. The van der Waals surface area contributed by atoms with E-state index in [9.17, 15) is 9.59 Å². The highest BCUT2D eigenvalue weighted by Crippen LogP contribution is 2.31. The minimum absolute atomic E-state index is 0.210. The molecule has 4 heteroatoms. The summed E-state index contributed by atoms with van der Waals surface area (Å²) in [5.41, 5.74) is 8.33. The Morgan fingerprint density at radius 3 is 2.67 bits per heavy atom. The highest BCUT2D eigenvalue weighted by molar-refractivity contribution is 6.00. The average Bonchev–Trinajstić information content (AvgIpc) is 2.91. The summed E-state index contributed by atoms with van der Waals surface area (Å²) < 4.78 is 5.88. The number of hydrogen-bond acceptors (Lipinski definition) is 3. The van der Waals surface area contributed by atoms with Crippen molar-refractivity contribution < 1.29 is 14.3 Å². The molecule has 24 heavy (non-hydrogen) atoms. The van der Waals surface area contributed by atoms with E-state index >= 15 is 0 Å². The zero-order valence-corrected chi connectivity index (χ0v) is 14.7. The van der Waals surface area contributed by atoms with E-state index in [0.717, 1.165) is 36.1 Å². The lowest BCUT2D eigenvalue weighted by Gasteiger charge is -2.14. The van der Waals surface area contributed by atoms with Crippen molar-refractivity contribution in [3.05, 3.63) is 28.8 Å². The first-order valence-corrected chi connectivity index (χ1v) is 9.22. The third kappa shape index (κ3) is 5.36. The molecular weight excluding hydrogens is 302 g/mol. The number of carbonyl (C=O) groups is 2. The molecule has 2 N–H and O–H groups in total. The molecule has 1 aromatic rings. The second-order valence-electron chi connectivity index (χ2n) is 6.62. The van der Waals surface area contributed by atoms with Crippen LogP contribution < -0.4 is 10.5 Å². The largest absolute Gasteiger partial charge is 0.493 e. The molecule has 2 rings (SSSR count). The first kappa shape index (κ1) is 18.5. The number of benzene rings is 1. The van der Waals surface area contributed by atoms with Gasteiger partial charge in [-0.2, -0.15) is 0 Å². The summed E-state index contributed by atoms with van der Waals surface area (Å²) in [5.74, 6) is 0.712. The van der Waals surface area contributed by atoms with Crippen LogP contribution in [0, 0.1) is 0 Å². The number of aryl methyl sites for hydroxylation is 2. The summed E-state index contributed by atoms with van der Waals surface area (Å²) in [6, 6.07) is 4.07. The van der Waals surface area contributed by atoms with Crippen LogP contribution in [0.5, 0.6) is 5.75 Å². The number of primary amides is 1. The van der Waals surface area contributed by atoms with Gasteiger partial charge in [0, 0.05) is 18.4 Å². The maximum atomic E-state index is 12.0. The van der Waals surface area contributed by atoms with Crippen molar-refractivity contribution in [2.45, 2.75) is 71.1 Å². The third-order valence-electron chi connectivity index (χ3n) is 4.58. The number of fused-ring (bicyclic) bond motifs is 1. The van der Waals surface area contributed by atoms with Gasteiger partial charge in [-0.05, 0) is 42.9 Å². The zero-order chi connectivity index (χ0) is 17.4. The van der Waals surface area contributed by atoms with Gasteiger partial charge in [0.05, 0.1) is 6.61 Å². The molecule has 0 unspecified atom stereocenters. The molecule has 0 saturated heterocycles. The van der Waals surface area contributed by atoms with E-state index in [-0.39, 0.29) is 11.7 Å². The Bertz CT molecular complexity index is 580. The fourth-order valence-corrected chi connectivity index (χ4v) is 3.20. The first-order chi connectivity index (χ1) is 11.6. The van der Waals surface area contributed by atoms with E-state index in [1.807, 2.05) is 6.07 Å². The van der Waals surface area contributed by atoms with Gasteiger partial charge in [0.15, 0.2) is 5.78 Å². The van der Waals surface area contributed by atoms with Crippen LogP contribution in [-0.2, 0) is 17.6 Å². The zero-order valence-electron chi connectivity index (χ0n) is 14.7. The van der Waals surface area contributed by atoms with E-state index in [0.29, 0.717) is 25.9 Å². The highest BCUT2D eigenvalue weighted by Gasteiger charge is 2.22. The second-order valence-corrected chi connectivity index (χ2v) is 6.62. The maximum absolute atomic E-state index is 12.0. The number of ketones is 1. The Kier molecular flexibility index (Phi) is 7.29. The standard InChI is InChI=1S/C20H29NO3/c1-2-3-4-5-6-8-16-13-15-10-11-18(22)17(15)14-19(16)24-12-7-9-20(21)23/h13-14H,2-12H2,1H3,(H2,21,23). The molecule has 132 valence electrons. The van der Waals surface area contributed by atoms with E-state index in [1.165, 1.54) is 31.2 Å². The van der Waals surface area contributed by atoms with Gasteiger partial charge in [-0.3, -0.25) is 9.59 Å². The number of ether oxygens (including phenoxy) is 1. The molecule has 0 heterocycles. The summed E-state index contributed by atoms with van der Waals surface area (Å²) in [4.78, 5) is 22.8. The van der Waals surface area contributed by atoms with Crippen LogP contribution in [0.25, 0.3) is 0 Å². The maximum Gasteiger partial charge on any atom is 0.217 e. The number of unbranched alkanes of at least 4 members (excludes halogenated alkanes) is 4. The topological polar surface area (TPSA) is 69.4 Å². The number of rotatable bonds is 11. The van der Waals surface area contributed by atoms with Gasteiger partial charge < -0.3 is 10.5 Å². The number of nitrogens with two attached hydrogens (primary N) is 1. The molecule has 0 fully saturated rings. The Hall–Kier alpha value is -1.84. The minimum Gasteiger partial charge on any atom is -0.493 e. The lowest BCUT2D eigenvalue weighted by atomic mass is 10.00. The molecule has 0 radical (unpaired) electrons. The summed E-state index contributed by atoms with van der Waals surface area (Å²) in [6.07, 6.45) is 9.55. The van der Waals surface area contributed by atoms with Crippen molar-refractivity contribution in [1.29, 1.82) is 0 Å². The molecular formula is C20H29NO3. The van der Waals surface area contributed by atoms with E-state index in [1.54, 1.807) is 0 Å². The van der Waals surface area contributed by atoms with Gasteiger partial charge in [0.2, 0.25) is 5.91 Å². The molecule has 1 aliphatic rings. The summed E-state index contributed by atoms with van der Waals surface area (Å²) >= 11 is 0. The predicted molar refractivity (Wildman–Crippen MR) is 95.5 cm³/mol. The summed E-state index contributed by atoms with van der Waals surface area (Å²) in [6.45, 7) is 2.67. The van der Waals surface area contributed by atoms with Crippen molar-refractivity contribution in [3.63, 3.8) is 0 Å². The van der Waals surface area contributed by atoms with Crippen molar-refractivity contribution in [2.75, 3.05) is 6.61 Å². The fraction of sp³-hybridized carbons (Fsp3) is 0.600. The van der Waals surface area contributed by atoms with Gasteiger partial charge in [0.1, 0.15) is 5.75 Å². The van der Waals surface area contributed by atoms with Crippen LogP contribution in [-0.4, -0.2) is 18.3 Å². The number of Topliss-reactive ketones (excluding diaryl/α,β-unsaturated/α-hetero) is 1. The molecule has 1 aromatic carbocycles. The molecule has 1 amide bonds. The number of hydrogen-bond donors (Lipinski definition) is 1. The van der Waals surface area contributed by atoms with Crippen molar-refractivity contribution in [3.8, 4) is 5.75 Å². The van der Waals surface area contributed by atoms with E-state index in [4.69, 9.17) is 10.5 Å². The Morgan fingerprint density at radius 2 is 1.92 bits per heavy atom. The molecule has 0 bridgehead atoms. The van der Waals surface area contributed by atoms with Crippen LogP contribution in [0.1, 0.15) is 79.8 Å². The minimum atomic E-state index is -0.307. The molecule has 0 aliphatic heterocycles. The Labute approximate surface area is 144 Å². The van der Waals surface area contributed by atoms with E-state index in [2.05, 4.69) is 13.0 Å². The monoisotopic (exact) mass is 331 g/mol. The first-order valence-electron chi connectivity index (χ1n) is 9.22. The molecule has 0 aromatic heterocycles. The Morgan fingerprint density at radius 1 is 1.12 bits per heavy atom. The van der Waals surface area contributed by atoms with Gasteiger partial charge in [-0.25, -0.2) is 0 Å². The number of amides is 1. The SMILES string of the molecule is CCCCCCCc1cc2c(cc1OCCCC(N)=O)C(=O)CC2. The lowest BCUT2D eigenvalue weighted by molar-refractivity contribution is -0.118. The molecule has 0 spiro atoms. The molecule has 0 saturated carbocycles. The van der Waals surface area contributed by atoms with Crippen LogP contribution in [0.4, 0.5) is 0 Å². The molecule has 4 nitrogen and oxygen atoms in total. The van der Waals surface area contributed by atoms with Crippen molar-refractivity contribution in [2.24, 2.45) is 5.73 Å². The number of carbonyl (C=O) groups excluding carboxylic acids is 2. The summed E-state index contributed by atoms with van der Waals surface area (Å²) in [5, 5.41) is 0. The third-order valence-corrected chi connectivity index (χ3v) is 4.58. The van der Waals surface area contributed by atoms with Crippen LogP contribution in [0.2, 0.25) is 0 Å². The predicted octanol–water partition coefficient (Wildman–Crippen LogP) is 3.97. The quantitative estimate of drug-likeness (QED) is 0.624. The second kappa shape index (κ2) is 9.45. The highest BCUT2D eigenvalue weighted by atomic mass is 16.5. The lowest BCUT2D eigenvalue weighted by Crippen LogP contribution is -2.12. The van der Waals surface area contributed by atoms with Crippen molar-refractivity contribution >= 4 is 11.7 Å². The Balaban J connectivity index is 2.00. The normalized spacial score (nSPS) is 13.1. The van der Waals surface area contributed by atoms with Crippen molar-refractivity contribution in [1.82, 2.24) is 0 Å². The summed E-state index contributed by atoms with van der Waals surface area (Å²) in [7, 11) is 0. The molecule has 1 aliphatic carbocycles.